The number of hydrogen-bond donors (Lipinski definition) is 2. The van der Waals surface area contributed by atoms with Crippen LogP contribution in [-0.4, -0.2) is 21.8 Å². The molecule has 3 nitrogen and oxygen atoms in total. The lowest BCUT2D eigenvalue weighted by Crippen LogP contribution is -2.34. The Morgan fingerprint density at radius 2 is 1.80 bits per heavy atom. The van der Waals surface area contributed by atoms with Crippen molar-refractivity contribution in [1.29, 1.82) is 0 Å². The Kier molecular flexibility index (Phi) is 7.05. The highest BCUT2D eigenvalue weighted by molar-refractivity contribution is 5.76. The van der Waals surface area contributed by atoms with Crippen molar-refractivity contribution in [2.24, 2.45) is 0 Å². The Hall–Kier alpha value is -0.830. The van der Waals surface area contributed by atoms with Crippen LogP contribution in [0.25, 0.3) is 0 Å². The zero-order valence-corrected chi connectivity index (χ0v) is 9.54. The minimum atomic E-state index is -1.55. The third kappa shape index (κ3) is 7.14. The van der Waals surface area contributed by atoms with E-state index in [1.807, 2.05) is 6.08 Å². The van der Waals surface area contributed by atoms with Crippen LogP contribution in [0.15, 0.2) is 12.7 Å². The average Bonchev–Trinajstić information content (AvgIpc) is 2.16. The molecule has 0 aromatic heterocycles. The number of carbonyl (C=O) groups is 1. The molecule has 0 fully saturated rings. The number of allylic oxidation sites excluding steroid dienone is 1. The van der Waals surface area contributed by atoms with Crippen LogP contribution < -0.4 is 0 Å². The molecule has 0 aliphatic heterocycles. The molecule has 1 atom stereocenters. The maximum Gasteiger partial charge on any atom is 0.335 e. The fraction of sp³-hybridized carbons (Fsp3) is 0.750. The lowest BCUT2D eigenvalue weighted by molar-refractivity contribution is -0.157. The monoisotopic (exact) mass is 214 g/mol. The molecular weight excluding hydrogens is 192 g/mol. The number of aliphatic carboxylic acids is 1. The molecule has 0 aromatic rings. The van der Waals surface area contributed by atoms with E-state index >= 15 is 0 Å². The first-order valence-corrected chi connectivity index (χ1v) is 5.57. The van der Waals surface area contributed by atoms with Crippen LogP contribution in [-0.2, 0) is 4.79 Å². The van der Waals surface area contributed by atoms with Crippen molar-refractivity contribution in [3.8, 4) is 0 Å². The lowest BCUT2D eigenvalue weighted by atomic mass is 9.98. The van der Waals surface area contributed by atoms with Gasteiger partial charge in [0.1, 0.15) is 0 Å². The van der Waals surface area contributed by atoms with Crippen molar-refractivity contribution in [2.45, 2.75) is 57.5 Å². The Balaban J connectivity index is 3.38. The first-order valence-electron chi connectivity index (χ1n) is 5.57. The summed E-state index contributed by atoms with van der Waals surface area (Å²) in [6, 6.07) is 0. The van der Waals surface area contributed by atoms with Crippen molar-refractivity contribution >= 4 is 5.97 Å². The SMILES string of the molecule is C=CCCCCCCCC(C)(O)C(=O)O. The molecule has 0 saturated heterocycles. The van der Waals surface area contributed by atoms with Crippen molar-refractivity contribution in [3.05, 3.63) is 12.7 Å². The van der Waals surface area contributed by atoms with Gasteiger partial charge in [-0.2, -0.15) is 0 Å². The highest BCUT2D eigenvalue weighted by Gasteiger charge is 2.28. The minimum Gasteiger partial charge on any atom is -0.479 e. The number of rotatable bonds is 9. The van der Waals surface area contributed by atoms with Gasteiger partial charge in [0, 0.05) is 0 Å². The van der Waals surface area contributed by atoms with Crippen molar-refractivity contribution < 1.29 is 15.0 Å². The summed E-state index contributed by atoms with van der Waals surface area (Å²) in [6.07, 6.45) is 8.46. The van der Waals surface area contributed by atoms with E-state index in [1.54, 1.807) is 0 Å². The summed E-state index contributed by atoms with van der Waals surface area (Å²) in [4.78, 5) is 10.6. The van der Waals surface area contributed by atoms with E-state index in [0.29, 0.717) is 6.42 Å². The number of carboxylic acids is 1. The molecule has 0 rings (SSSR count). The van der Waals surface area contributed by atoms with E-state index in [1.165, 1.54) is 6.92 Å². The van der Waals surface area contributed by atoms with Crippen LogP contribution in [0.3, 0.4) is 0 Å². The molecule has 15 heavy (non-hydrogen) atoms. The summed E-state index contributed by atoms with van der Waals surface area (Å²) in [5, 5.41) is 18.1. The van der Waals surface area contributed by atoms with E-state index < -0.39 is 11.6 Å². The summed E-state index contributed by atoms with van der Waals surface area (Å²) in [7, 11) is 0. The highest BCUT2D eigenvalue weighted by Crippen LogP contribution is 2.16. The molecule has 88 valence electrons. The van der Waals surface area contributed by atoms with Gasteiger partial charge in [-0.25, -0.2) is 4.79 Å². The third-order valence-corrected chi connectivity index (χ3v) is 2.53. The summed E-state index contributed by atoms with van der Waals surface area (Å²) < 4.78 is 0. The Morgan fingerprint density at radius 3 is 2.33 bits per heavy atom. The Bertz CT molecular complexity index is 197. The van der Waals surface area contributed by atoms with Crippen LogP contribution in [0.2, 0.25) is 0 Å². The maximum absolute atomic E-state index is 10.6. The van der Waals surface area contributed by atoms with Crippen molar-refractivity contribution in [2.75, 3.05) is 0 Å². The van der Waals surface area contributed by atoms with Gasteiger partial charge < -0.3 is 10.2 Å². The van der Waals surface area contributed by atoms with Gasteiger partial charge in [-0.15, -0.1) is 6.58 Å². The van der Waals surface area contributed by atoms with E-state index in [2.05, 4.69) is 6.58 Å². The summed E-state index contributed by atoms with van der Waals surface area (Å²) in [5.74, 6) is -1.13. The maximum atomic E-state index is 10.6. The summed E-state index contributed by atoms with van der Waals surface area (Å²) in [6.45, 7) is 5.00. The van der Waals surface area contributed by atoms with Gasteiger partial charge in [0.05, 0.1) is 0 Å². The molecule has 0 aliphatic rings. The van der Waals surface area contributed by atoms with Crippen LogP contribution in [0.5, 0.6) is 0 Å². The van der Waals surface area contributed by atoms with Gasteiger partial charge in [-0.3, -0.25) is 0 Å². The molecule has 0 bridgehead atoms. The number of unbranched alkanes of at least 4 members (excludes halogenated alkanes) is 5. The second-order valence-corrected chi connectivity index (χ2v) is 4.17. The molecule has 0 spiro atoms. The largest absolute Gasteiger partial charge is 0.479 e. The molecule has 0 aliphatic carbocycles. The normalized spacial score (nSPS) is 14.5. The molecule has 2 N–H and O–H groups in total. The van der Waals surface area contributed by atoms with Crippen LogP contribution in [0, 0.1) is 0 Å². The van der Waals surface area contributed by atoms with Gasteiger partial charge in [0.25, 0.3) is 0 Å². The first kappa shape index (κ1) is 14.2. The van der Waals surface area contributed by atoms with Gasteiger partial charge in [0.2, 0.25) is 0 Å². The minimum absolute atomic E-state index is 0.337. The van der Waals surface area contributed by atoms with Crippen molar-refractivity contribution in [1.82, 2.24) is 0 Å². The number of carboxylic acid groups (broad SMARTS) is 1. The van der Waals surface area contributed by atoms with Crippen molar-refractivity contribution in [3.63, 3.8) is 0 Å². The van der Waals surface area contributed by atoms with E-state index in [0.717, 1.165) is 38.5 Å². The summed E-state index contributed by atoms with van der Waals surface area (Å²) >= 11 is 0. The molecule has 0 aromatic carbocycles. The quantitative estimate of drug-likeness (QED) is 0.458. The fourth-order valence-corrected chi connectivity index (χ4v) is 1.40. The smallest absolute Gasteiger partial charge is 0.335 e. The van der Waals surface area contributed by atoms with E-state index in [-0.39, 0.29) is 0 Å². The standard InChI is InChI=1S/C12H22O3/c1-3-4-5-6-7-8-9-10-12(2,15)11(13)14/h3,15H,1,4-10H2,2H3,(H,13,14). The zero-order valence-electron chi connectivity index (χ0n) is 9.54. The highest BCUT2D eigenvalue weighted by atomic mass is 16.4. The second-order valence-electron chi connectivity index (χ2n) is 4.17. The average molecular weight is 214 g/mol. The second kappa shape index (κ2) is 7.46. The molecule has 1 unspecified atom stereocenters. The molecule has 0 amide bonds. The predicted molar refractivity (Wildman–Crippen MR) is 60.8 cm³/mol. The van der Waals surface area contributed by atoms with Gasteiger partial charge in [-0.05, 0) is 32.6 Å². The molecule has 0 heterocycles. The lowest BCUT2D eigenvalue weighted by Gasteiger charge is -2.17. The van der Waals surface area contributed by atoms with Gasteiger partial charge in [0.15, 0.2) is 5.60 Å². The predicted octanol–water partition coefficient (Wildman–Crippen LogP) is 2.74. The fourth-order valence-electron chi connectivity index (χ4n) is 1.40. The number of hydrogen-bond acceptors (Lipinski definition) is 2. The zero-order chi connectivity index (χ0) is 11.7. The van der Waals surface area contributed by atoms with Gasteiger partial charge in [-0.1, -0.05) is 25.3 Å². The van der Waals surface area contributed by atoms with Gasteiger partial charge >= 0.3 is 5.97 Å². The van der Waals surface area contributed by atoms with E-state index in [9.17, 15) is 9.90 Å². The molecule has 0 saturated carbocycles. The topological polar surface area (TPSA) is 57.5 Å². The Labute approximate surface area is 91.8 Å². The third-order valence-electron chi connectivity index (χ3n) is 2.53. The van der Waals surface area contributed by atoms with Crippen LogP contribution in [0.1, 0.15) is 51.9 Å². The molecule has 0 radical (unpaired) electrons. The first-order chi connectivity index (χ1) is 7.00. The van der Waals surface area contributed by atoms with Crippen LogP contribution >= 0.6 is 0 Å². The molecular formula is C12H22O3. The van der Waals surface area contributed by atoms with E-state index in [4.69, 9.17) is 5.11 Å². The summed E-state index contributed by atoms with van der Waals surface area (Å²) in [5.41, 5.74) is -1.55. The molecule has 3 heteroatoms. The Morgan fingerprint density at radius 1 is 1.27 bits per heavy atom. The number of aliphatic hydroxyl groups is 1. The van der Waals surface area contributed by atoms with Crippen LogP contribution in [0.4, 0.5) is 0 Å².